The molecule has 2 aliphatic heterocycles. The van der Waals surface area contributed by atoms with Crippen LogP contribution in [0.25, 0.3) is 6.08 Å². The summed E-state index contributed by atoms with van der Waals surface area (Å²) in [6.45, 7) is 0. The van der Waals surface area contributed by atoms with E-state index in [9.17, 15) is 4.79 Å². The molecular formula is C17H21NO2. The van der Waals surface area contributed by atoms with Crippen molar-refractivity contribution in [1.82, 2.24) is 4.90 Å². The van der Waals surface area contributed by atoms with Crippen molar-refractivity contribution in [2.75, 3.05) is 7.05 Å². The number of nitrogens with zero attached hydrogens (tertiary/aromatic N) is 1. The number of hydrogen-bond acceptors (Lipinski definition) is 3. The van der Waals surface area contributed by atoms with E-state index in [1.165, 1.54) is 18.9 Å². The maximum Gasteiger partial charge on any atom is 0.331 e. The van der Waals surface area contributed by atoms with Crippen molar-refractivity contribution in [3.63, 3.8) is 0 Å². The van der Waals surface area contributed by atoms with Crippen LogP contribution in [0.5, 0.6) is 0 Å². The van der Waals surface area contributed by atoms with E-state index < -0.39 is 0 Å². The summed E-state index contributed by atoms with van der Waals surface area (Å²) in [7, 11) is 2.19. The van der Waals surface area contributed by atoms with E-state index in [2.05, 4.69) is 11.9 Å². The zero-order chi connectivity index (χ0) is 13.9. The molecule has 1 aromatic carbocycles. The van der Waals surface area contributed by atoms with Gasteiger partial charge in [0, 0.05) is 31.0 Å². The van der Waals surface area contributed by atoms with E-state index in [0.717, 1.165) is 18.4 Å². The van der Waals surface area contributed by atoms with Crippen LogP contribution in [-0.4, -0.2) is 36.1 Å². The van der Waals surface area contributed by atoms with Crippen LogP contribution in [0.4, 0.5) is 0 Å². The van der Waals surface area contributed by atoms with Crippen LogP contribution >= 0.6 is 0 Å². The number of esters is 1. The highest BCUT2D eigenvalue weighted by molar-refractivity contribution is 5.87. The minimum Gasteiger partial charge on any atom is -0.459 e. The Morgan fingerprint density at radius 3 is 2.50 bits per heavy atom. The number of fused-ring (bicyclic) bond motifs is 2. The molecule has 2 atom stereocenters. The zero-order valence-corrected chi connectivity index (χ0v) is 11.9. The van der Waals surface area contributed by atoms with Crippen molar-refractivity contribution in [1.29, 1.82) is 0 Å². The van der Waals surface area contributed by atoms with Crippen molar-refractivity contribution in [2.24, 2.45) is 0 Å². The van der Waals surface area contributed by atoms with Gasteiger partial charge in [0.05, 0.1) is 0 Å². The van der Waals surface area contributed by atoms with E-state index in [4.69, 9.17) is 4.74 Å². The van der Waals surface area contributed by atoms with Crippen molar-refractivity contribution < 1.29 is 9.53 Å². The predicted molar refractivity (Wildman–Crippen MR) is 79.2 cm³/mol. The first-order valence-electron chi connectivity index (χ1n) is 7.38. The molecule has 2 bridgehead atoms. The molecule has 2 aliphatic rings. The van der Waals surface area contributed by atoms with E-state index in [1.54, 1.807) is 0 Å². The van der Waals surface area contributed by atoms with Crippen molar-refractivity contribution in [3.05, 3.63) is 42.0 Å². The molecule has 3 rings (SSSR count). The Kier molecular flexibility index (Phi) is 3.88. The highest BCUT2D eigenvalue weighted by Gasteiger charge is 2.39. The van der Waals surface area contributed by atoms with Gasteiger partial charge >= 0.3 is 5.97 Å². The number of benzene rings is 1. The maximum atomic E-state index is 11.9. The normalized spacial score (nSPS) is 29.8. The van der Waals surface area contributed by atoms with E-state index >= 15 is 0 Å². The first-order valence-corrected chi connectivity index (χ1v) is 7.38. The lowest BCUT2D eigenvalue weighted by molar-refractivity contribution is -0.146. The van der Waals surface area contributed by atoms with Gasteiger partial charge in [-0.25, -0.2) is 4.79 Å². The second kappa shape index (κ2) is 5.80. The van der Waals surface area contributed by atoms with Gasteiger partial charge in [0.1, 0.15) is 6.10 Å². The van der Waals surface area contributed by atoms with Crippen LogP contribution < -0.4 is 0 Å². The lowest BCUT2D eigenvalue weighted by Gasteiger charge is -2.35. The topological polar surface area (TPSA) is 29.5 Å². The molecule has 0 unspecified atom stereocenters. The number of ether oxygens (including phenoxy) is 1. The Hall–Kier alpha value is -1.61. The van der Waals surface area contributed by atoms with E-state index in [0.29, 0.717) is 12.1 Å². The van der Waals surface area contributed by atoms with Gasteiger partial charge in [-0.3, -0.25) is 0 Å². The summed E-state index contributed by atoms with van der Waals surface area (Å²) in [6.07, 6.45) is 7.90. The standard InChI is InChI=1S/C17H21NO2/c1-18-14-8-9-15(18)12-16(11-14)20-17(19)10-7-13-5-3-2-4-6-13/h2-7,10,14-16H,8-9,11-12H2,1H3/b10-7+/t14-,15-/m1/s1. The van der Waals surface area contributed by atoms with Gasteiger partial charge in [-0.15, -0.1) is 0 Å². The van der Waals surface area contributed by atoms with Gasteiger partial charge < -0.3 is 9.64 Å². The van der Waals surface area contributed by atoms with Gasteiger partial charge in [-0.1, -0.05) is 30.3 Å². The lowest BCUT2D eigenvalue weighted by Crippen LogP contribution is -2.43. The third-order valence-electron chi connectivity index (χ3n) is 4.55. The minimum absolute atomic E-state index is 0.0941. The summed E-state index contributed by atoms with van der Waals surface area (Å²) < 4.78 is 5.59. The molecule has 0 radical (unpaired) electrons. The number of hydrogen-bond donors (Lipinski definition) is 0. The highest BCUT2D eigenvalue weighted by atomic mass is 16.5. The van der Waals surface area contributed by atoms with Crippen LogP contribution in [0.15, 0.2) is 36.4 Å². The van der Waals surface area contributed by atoms with Crippen molar-refractivity contribution >= 4 is 12.0 Å². The zero-order valence-electron chi connectivity index (χ0n) is 11.9. The number of rotatable bonds is 3. The molecule has 2 fully saturated rings. The smallest absolute Gasteiger partial charge is 0.331 e. The summed E-state index contributed by atoms with van der Waals surface area (Å²) in [5, 5.41) is 0. The number of carbonyl (C=O) groups excluding carboxylic acids is 1. The van der Waals surface area contributed by atoms with Crippen LogP contribution in [-0.2, 0) is 9.53 Å². The fraction of sp³-hybridized carbons (Fsp3) is 0.471. The van der Waals surface area contributed by atoms with Gasteiger partial charge in [0.25, 0.3) is 0 Å². The van der Waals surface area contributed by atoms with E-state index in [-0.39, 0.29) is 12.1 Å². The Bertz CT molecular complexity index is 483. The molecule has 106 valence electrons. The molecule has 0 aliphatic carbocycles. The fourth-order valence-corrected chi connectivity index (χ4v) is 3.39. The van der Waals surface area contributed by atoms with Gasteiger partial charge in [-0.05, 0) is 31.5 Å². The van der Waals surface area contributed by atoms with Gasteiger partial charge in [0.15, 0.2) is 0 Å². The molecule has 20 heavy (non-hydrogen) atoms. The third-order valence-corrected chi connectivity index (χ3v) is 4.55. The lowest BCUT2D eigenvalue weighted by atomic mass is 10.0. The minimum atomic E-state index is -0.220. The molecule has 0 N–H and O–H groups in total. The summed E-state index contributed by atoms with van der Waals surface area (Å²) in [6, 6.07) is 11.0. The SMILES string of the molecule is CN1[C@@H]2CC[C@@H]1CC(OC(=O)/C=C/c1ccccc1)C2. The first-order chi connectivity index (χ1) is 9.72. The second-order valence-electron chi connectivity index (χ2n) is 5.82. The van der Waals surface area contributed by atoms with Crippen LogP contribution in [0, 0.1) is 0 Å². The second-order valence-corrected chi connectivity index (χ2v) is 5.82. The maximum absolute atomic E-state index is 11.9. The molecule has 0 aromatic heterocycles. The van der Waals surface area contributed by atoms with Crippen molar-refractivity contribution in [3.8, 4) is 0 Å². The number of piperidine rings is 1. The van der Waals surface area contributed by atoms with Gasteiger partial charge in [0.2, 0.25) is 0 Å². The van der Waals surface area contributed by atoms with Crippen LogP contribution in [0.1, 0.15) is 31.2 Å². The molecule has 2 heterocycles. The van der Waals surface area contributed by atoms with Gasteiger partial charge in [-0.2, -0.15) is 0 Å². The molecular weight excluding hydrogens is 250 g/mol. The third kappa shape index (κ3) is 2.93. The molecule has 0 amide bonds. The number of carbonyl (C=O) groups is 1. The average molecular weight is 271 g/mol. The molecule has 3 heteroatoms. The molecule has 2 saturated heterocycles. The van der Waals surface area contributed by atoms with Crippen LogP contribution in [0.2, 0.25) is 0 Å². The van der Waals surface area contributed by atoms with Crippen LogP contribution in [0.3, 0.4) is 0 Å². The predicted octanol–water partition coefficient (Wildman–Crippen LogP) is 2.87. The Balaban J connectivity index is 1.54. The summed E-state index contributed by atoms with van der Waals surface area (Å²) in [4.78, 5) is 14.3. The summed E-state index contributed by atoms with van der Waals surface area (Å²) >= 11 is 0. The molecule has 3 nitrogen and oxygen atoms in total. The van der Waals surface area contributed by atoms with Crippen molar-refractivity contribution in [2.45, 2.75) is 43.9 Å². The Morgan fingerprint density at radius 1 is 1.20 bits per heavy atom. The first kappa shape index (κ1) is 13.4. The highest BCUT2D eigenvalue weighted by Crippen LogP contribution is 2.35. The average Bonchev–Trinajstić information content (AvgIpc) is 2.68. The quantitative estimate of drug-likeness (QED) is 0.625. The summed E-state index contributed by atoms with van der Waals surface area (Å²) in [5.41, 5.74) is 1.02. The largest absolute Gasteiger partial charge is 0.459 e. The fourth-order valence-electron chi connectivity index (χ4n) is 3.39. The molecule has 0 saturated carbocycles. The molecule has 0 spiro atoms. The summed E-state index contributed by atoms with van der Waals surface area (Å²) in [5.74, 6) is -0.220. The molecule has 1 aromatic rings. The Labute approximate surface area is 120 Å². The van der Waals surface area contributed by atoms with E-state index in [1.807, 2.05) is 36.4 Å². The Morgan fingerprint density at radius 2 is 1.85 bits per heavy atom. The monoisotopic (exact) mass is 271 g/mol.